The number of nitrogens with one attached hydrogen (secondary N) is 2. The molecule has 0 aliphatic heterocycles. The maximum absolute atomic E-state index is 12.5. The summed E-state index contributed by atoms with van der Waals surface area (Å²) in [6, 6.07) is 17.4. The highest BCUT2D eigenvalue weighted by molar-refractivity contribution is 7.92. The minimum atomic E-state index is -3.82. The summed E-state index contributed by atoms with van der Waals surface area (Å²) in [6.07, 6.45) is 0. The number of carbonyl (C=O) groups is 1. The molecule has 3 rings (SSSR count). The van der Waals surface area contributed by atoms with Crippen LogP contribution in [0.1, 0.15) is 15.9 Å². The highest BCUT2D eigenvalue weighted by Gasteiger charge is 2.15. The molecule has 0 fully saturated rings. The van der Waals surface area contributed by atoms with Crippen molar-refractivity contribution in [2.24, 2.45) is 5.14 Å². The second kappa shape index (κ2) is 9.06. The van der Waals surface area contributed by atoms with Crippen molar-refractivity contribution in [1.82, 2.24) is 5.32 Å². The summed E-state index contributed by atoms with van der Waals surface area (Å²) in [7, 11) is -7.60. The number of benzene rings is 3. The summed E-state index contributed by atoms with van der Waals surface area (Å²) >= 11 is 5.79. The Balaban J connectivity index is 1.63. The predicted octanol–water partition coefficient (Wildman–Crippen LogP) is 2.72. The van der Waals surface area contributed by atoms with Gasteiger partial charge in [-0.05, 0) is 66.2 Å². The van der Waals surface area contributed by atoms with E-state index in [4.69, 9.17) is 16.7 Å². The lowest BCUT2D eigenvalue weighted by atomic mass is 10.2. The van der Waals surface area contributed by atoms with Gasteiger partial charge < -0.3 is 5.32 Å². The lowest BCUT2D eigenvalue weighted by Crippen LogP contribution is -2.23. The molecule has 8 nitrogen and oxygen atoms in total. The fraction of sp³-hybridized carbons (Fsp3) is 0.0500. The quantitative estimate of drug-likeness (QED) is 0.478. The molecule has 0 aromatic heterocycles. The fourth-order valence-electron chi connectivity index (χ4n) is 2.60. The molecule has 0 aliphatic rings. The molecule has 0 unspecified atom stereocenters. The molecular weight excluding hydrogens is 462 g/mol. The molecule has 0 spiro atoms. The summed E-state index contributed by atoms with van der Waals surface area (Å²) in [4.78, 5) is 12.3. The van der Waals surface area contributed by atoms with Gasteiger partial charge >= 0.3 is 0 Å². The van der Waals surface area contributed by atoms with Crippen LogP contribution in [0.2, 0.25) is 5.02 Å². The summed E-state index contributed by atoms with van der Waals surface area (Å²) < 4.78 is 49.9. The van der Waals surface area contributed by atoms with Gasteiger partial charge in [0.25, 0.3) is 15.9 Å². The van der Waals surface area contributed by atoms with Crippen LogP contribution in [0.25, 0.3) is 0 Å². The monoisotopic (exact) mass is 479 g/mol. The van der Waals surface area contributed by atoms with Crippen molar-refractivity contribution in [3.63, 3.8) is 0 Å². The van der Waals surface area contributed by atoms with Gasteiger partial charge in [-0.2, -0.15) is 0 Å². The van der Waals surface area contributed by atoms with Crippen LogP contribution >= 0.6 is 11.6 Å². The molecule has 0 saturated heterocycles. The second-order valence-corrected chi connectivity index (χ2v) is 10.2. The SMILES string of the molecule is NS(=O)(=O)c1ccc(CNC(=O)c2ccc(S(=O)(=O)Nc3ccc(Cl)cc3)cc2)cc1. The lowest BCUT2D eigenvalue weighted by Gasteiger charge is -2.09. The van der Waals surface area contributed by atoms with Crippen molar-refractivity contribution in [2.45, 2.75) is 16.3 Å². The summed E-state index contributed by atoms with van der Waals surface area (Å²) in [5.41, 5.74) is 1.30. The van der Waals surface area contributed by atoms with Gasteiger partial charge in [-0.1, -0.05) is 23.7 Å². The molecular formula is C20H18ClN3O5S2. The molecule has 3 aromatic carbocycles. The van der Waals surface area contributed by atoms with Gasteiger partial charge in [0.1, 0.15) is 0 Å². The number of anilines is 1. The molecule has 31 heavy (non-hydrogen) atoms. The standard InChI is InChI=1S/C20H18ClN3O5S2/c21-16-5-7-17(8-6-16)24-31(28,29)19-11-3-15(4-12-19)20(25)23-13-14-1-9-18(10-2-14)30(22,26)27/h1-12,24H,13H2,(H,23,25)(H2,22,26,27). The zero-order chi connectivity index (χ0) is 22.6. The average molecular weight is 480 g/mol. The van der Waals surface area contributed by atoms with E-state index >= 15 is 0 Å². The van der Waals surface area contributed by atoms with Crippen LogP contribution in [0, 0.1) is 0 Å². The molecule has 0 bridgehead atoms. The number of rotatable bonds is 7. The largest absolute Gasteiger partial charge is 0.348 e. The number of amides is 1. The number of nitrogens with two attached hydrogens (primary N) is 1. The molecule has 162 valence electrons. The Morgan fingerprint density at radius 2 is 1.35 bits per heavy atom. The van der Waals surface area contributed by atoms with Crippen LogP contribution in [0.5, 0.6) is 0 Å². The van der Waals surface area contributed by atoms with E-state index in [-0.39, 0.29) is 21.9 Å². The molecule has 0 heterocycles. The van der Waals surface area contributed by atoms with Gasteiger partial charge in [-0.25, -0.2) is 22.0 Å². The molecule has 0 atom stereocenters. The van der Waals surface area contributed by atoms with E-state index in [0.717, 1.165) is 0 Å². The third-order valence-electron chi connectivity index (χ3n) is 4.23. The molecule has 0 aliphatic carbocycles. The van der Waals surface area contributed by atoms with Crippen molar-refractivity contribution in [1.29, 1.82) is 0 Å². The van der Waals surface area contributed by atoms with Crippen LogP contribution in [0.15, 0.2) is 82.6 Å². The van der Waals surface area contributed by atoms with Crippen LogP contribution in [-0.2, 0) is 26.6 Å². The number of carbonyl (C=O) groups excluding carboxylic acids is 1. The van der Waals surface area contributed by atoms with Gasteiger partial charge in [0.2, 0.25) is 10.0 Å². The van der Waals surface area contributed by atoms with E-state index in [1.54, 1.807) is 12.1 Å². The van der Waals surface area contributed by atoms with Crippen molar-refractivity contribution < 1.29 is 21.6 Å². The van der Waals surface area contributed by atoms with Gasteiger partial charge in [-0.15, -0.1) is 0 Å². The van der Waals surface area contributed by atoms with E-state index in [2.05, 4.69) is 10.0 Å². The summed E-state index contributed by atoms with van der Waals surface area (Å²) in [5.74, 6) is -0.412. The highest BCUT2D eigenvalue weighted by Crippen LogP contribution is 2.19. The molecule has 0 saturated carbocycles. The van der Waals surface area contributed by atoms with E-state index in [0.29, 0.717) is 16.3 Å². The molecule has 4 N–H and O–H groups in total. The van der Waals surface area contributed by atoms with E-state index in [1.807, 2.05) is 0 Å². The number of hydrogen-bond donors (Lipinski definition) is 3. The smallest absolute Gasteiger partial charge is 0.261 e. The number of primary sulfonamides is 1. The third kappa shape index (κ3) is 6.05. The molecule has 0 radical (unpaired) electrons. The second-order valence-electron chi connectivity index (χ2n) is 6.51. The minimum absolute atomic E-state index is 0.00224. The fourth-order valence-corrected chi connectivity index (χ4v) is 4.30. The van der Waals surface area contributed by atoms with E-state index in [1.165, 1.54) is 60.7 Å². The van der Waals surface area contributed by atoms with Crippen molar-refractivity contribution in [3.8, 4) is 0 Å². The minimum Gasteiger partial charge on any atom is -0.348 e. The first kappa shape index (κ1) is 22.8. The zero-order valence-electron chi connectivity index (χ0n) is 15.9. The summed E-state index contributed by atoms with van der Waals surface area (Å²) in [6.45, 7) is 0.155. The van der Waals surface area contributed by atoms with Crippen LogP contribution in [-0.4, -0.2) is 22.7 Å². The Bertz CT molecular complexity index is 1290. The van der Waals surface area contributed by atoms with Crippen molar-refractivity contribution in [3.05, 3.63) is 88.9 Å². The van der Waals surface area contributed by atoms with Gasteiger partial charge in [0, 0.05) is 22.8 Å². The number of hydrogen-bond acceptors (Lipinski definition) is 5. The maximum atomic E-state index is 12.5. The number of sulfonamides is 2. The lowest BCUT2D eigenvalue weighted by molar-refractivity contribution is 0.0950. The van der Waals surface area contributed by atoms with Crippen LogP contribution in [0.3, 0.4) is 0 Å². The third-order valence-corrected chi connectivity index (χ3v) is 6.81. The first-order chi connectivity index (χ1) is 14.5. The molecule has 3 aromatic rings. The van der Waals surface area contributed by atoms with Gasteiger partial charge in [0.15, 0.2) is 0 Å². The normalized spacial score (nSPS) is 11.7. The maximum Gasteiger partial charge on any atom is 0.261 e. The van der Waals surface area contributed by atoms with Gasteiger partial charge in [0.05, 0.1) is 9.79 Å². The van der Waals surface area contributed by atoms with Crippen molar-refractivity contribution >= 4 is 43.2 Å². The molecule has 1 amide bonds. The number of halogens is 1. The highest BCUT2D eigenvalue weighted by atomic mass is 35.5. The zero-order valence-corrected chi connectivity index (χ0v) is 18.3. The Kier molecular flexibility index (Phi) is 6.65. The Morgan fingerprint density at radius 3 is 1.90 bits per heavy atom. The Hall–Kier alpha value is -2.92. The van der Waals surface area contributed by atoms with Crippen LogP contribution in [0.4, 0.5) is 5.69 Å². The van der Waals surface area contributed by atoms with Crippen LogP contribution < -0.4 is 15.2 Å². The van der Waals surface area contributed by atoms with Gasteiger partial charge in [-0.3, -0.25) is 9.52 Å². The van der Waals surface area contributed by atoms with Crippen molar-refractivity contribution in [2.75, 3.05) is 4.72 Å². The molecule has 11 heteroatoms. The summed E-state index contributed by atoms with van der Waals surface area (Å²) in [5, 5.41) is 8.21. The predicted molar refractivity (Wildman–Crippen MR) is 118 cm³/mol. The topological polar surface area (TPSA) is 135 Å². The van der Waals surface area contributed by atoms with E-state index in [9.17, 15) is 21.6 Å². The average Bonchev–Trinajstić information content (AvgIpc) is 2.73. The Labute approximate surface area is 185 Å². The van der Waals surface area contributed by atoms with E-state index < -0.39 is 26.0 Å². The first-order valence-electron chi connectivity index (χ1n) is 8.83. The Morgan fingerprint density at radius 1 is 0.806 bits per heavy atom. The first-order valence-corrected chi connectivity index (χ1v) is 12.2.